The first-order valence-electron chi connectivity index (χ1n) is 4.84. The zero-order chi connectivity index (χ0) is 10.6. The van der Waals surface area contributed by atoms with Crippen molar-refractivity contribution >= 4 is 5.97 Å². The molecule has 2 nitrogen and oxygen atoms in total. The Kier molecular flexibility index (Phi) is 3.69. The molecule has 1 unspecified atom stereocenters. The van der Waals surface area contributed by atoms with Gasteiger partial charge in [0.05, 0.1) is 6.42 Å². The number of hydrogen-bond donors (Lipinski definition) is 0. The number of allylic oxidation sites excluding steroid dienone is 3. The van der Waals surface area contributed by atoms with Gasteiger partial charge in [-0.05, 0) is 30.9 Å². The summed E-state index contributed by atoms with van der Waals surface area (Å²) >= 11 is 0. The standard InChI is InChI=1S/C12H16O2/c1-4-5-12(13)14-11-7-6-9(2)8-10(11)3/h4,7-9H,1,5-6H2,2-3H3. The van der Waals surface area contributed by atoms with Crippen LogP contribution in [-0.4, -0.2) is 5.97 Å². The smallest absolute Gasteiger partial charge is 0.315 e. The van der Waals surface area contributed by atoms with Crippen molar-refractivity contribution in [2.75, 3.05) is 0 Å². The minimum absolute atomic E-state index is 0.242. The summed E-state index contributed by atoms with van der Waals surface area (Å²) < 4.78 is 5.17. The number of carbonyl (C=O) groups is 1. The molecule has 0 amide bonds. The summed E-state index contributed by atoms with van der Waals surface area (Å²) in [5.74, 6) is 1.00. The minimum Gasteiger partial charge on any atom is -0.426 e. The summed E-state index contributed by atoms with van der Waals surface area (Å²) in [7, 11) is 0. The van der Waals surface area contributed by atoms with Crippen molar-refractivity contribution < 1.29 is 9.53 Å². The average molecular weight is 192 g/mol. The highest BCUT2D eigenvalue weighted by molar-refractivity contribution is 5.72. The number of hydrogen-bond acceptors (Lipinski definition) is 2. The second-order valence-corrected chi connectivity index (χ2v) is 3.60. The fourth-order valence-corrected chi connectivity index (χ4v) is 1.44. The summed E-state index contributed by atoms with van der Waals surface area (Å²) in [6.07, 6.45) is 6.85. The lowest BCUT2D eigenvalue weighted by atomic mass is 9.97. The van der Waals surface area contributed by atoms with Crippen molar-refractivity contribution in [3.8, 4) is 0 Å². The summed E-state index contributed by atoms with van der Waals surface area (Å²) in [6, 6.07) is 0. The van der Waals surface area contributed by atoms with Gasteiger partial charge in [0.1, 0.15) is 5.76 Å². The average Bonchev–Trinajstić information content (AvgIpc) is 2.10. The second-order valence-electron chi connectivity index (χ2n) is 3.60. The van der Waals surface area contributed by atoms with Gasteiger partial charge in [-0.1, -0.05) is 19.1 Å². The molecule has 0 aromatic rings. The zero-order valence-electron chi connectivity index (χ0n) is 8.75. The van der Waals surface area contributed by atoms with E-state index in [0.717, 1.165) is 12.0 Å². The maximum Gasteiger partial charge on any atom is 0.315 e. The third kappa shape index (κ3) is 2.87. The van der Waals surface area contributed by atoms with Crippen LogP contribution in [0, 0.1) is 5.92 Å². The van der Waals surface area contributed by atoms with Gasteiger partial charge < -0.3 is 4.74 Å². The van der Waals surface area contributed by atoms with Crippen LogP contribution in [0.4, 0.5) is 0 Å². The quantitative estimate of drug-likeness (QED) is 0.507. The molecule has 14 heavy (non-hydrogen) atoms. The maximum absolute atomic E-state index is 11.2. The molecule has 0 bridgehead atoms. The van der Waals surface area contributed by atoms with Crippen LogP contribution in [0.3, 0.4) is 0 Å². The van der Waals surface area contributed by atoms with Gasteiger partial charge in [-0.15, -0.1) is 6.58 Å². The van der Waals surface area contributed by atoms with Crippen LogP contribution < -0.4 is 0 Å². The topological polar surface area (TPSA) is 26.3 Å². The van der Waals surface area contributed by atoms with Crippen molar-refractivity contribution in [2.24, 2.45) is 5.92 Å². The third-order valence-corrected chi connectivity index (χ3v) is 2.13. The first-order valence-corrected chi connectivity index (χ1v) is 4.84. The van der Waals surface area contributed by atoms with Gasteiger partial charge in [0.15, 0.2) is 0 Å². The number of esters is 1. The number of rotatable bonds is 3. The van der Waals surface area contributed by atoms with E-state index in [1.165, 1.54) is 0 Å². The highest BCUT2D eigenvalue weighted by Gasteiger charge is 2.12. The molecular weight excluding hydrogens is 176 g/mol. The van der Waals surface area contributed by atoms with E-state index in [1.54, 1.807) is 6.08 Å². The molecule has 0 fully saturated rings. The molecule has 0 aliphatic heterocycles. The fourth-order valence-electron chi connectivity index (χ4n) is 1.44. The Hall–Kier alpha value is -1.31. The van der Waals surface area contributed by atoms with Gasteiger partial charge in [0.25, 0.3) is 0 Å². The lowest BCUT2D eigenvalue weighted by Crippen LogP contribution is -2.07. The first-order chi connectivity index (χ1) is 6.63. The van der Waals surface area contributed by atoms with Crippen LogP contribution in [0.5, 0.6) is 0 Å². The number of ether oxygens (including phenoxy) is 1. The first kappa shape index (κ1) is 10.8. The van der Waals surface area contributed by atoms with Crippen LogP contribution in [0.1, 0.15) is 26.7 Å². The molecular formula is C12H16O2. The Balaban J connectivity index is 2.58. The minimum atomic E-state index is -0.242. The summed E-state index contributed by atoms with van der Waals surface area (Å²) in [4.78, 5) is 11.2. The molecule has 76 valence electrons. The van der Waals surface area contributed by atoms with Crippen LogP contribution in [0.25, 0.3) is 0 Å². The Bertz CT molecular complexity index is 297. The van der Waals surface area contributed by atoms with Gasteiger partial charge >= 0.3 is 5.97 Å². The third-order valence-electron chi connectivity index (χ3n) is 2.13. The van der Waals surface area contributed by atoms with Gasteiger partial charge in [0, 0.05) is 0 Å². The monoisotopic (exact) mass is 192 g/mol. The molecule has 0 aromatic carbocycles. The molecule has 2 heteroatoms. The summed E-state index contributed by atoms with van der Waals surface area (Å²) in [6.45, 7) is 7.59. The van der Waals surface area contributed by atoms with Crippen molar-refractivity contribution in [1.29, 1.82) is 0 Å². The van der Waals surface area contributed by atoms with Crippen LogP contribution >= 0.6 is 0 Å². The largest absolute Gasteiger partial charge is 0.426 e. The van der Waals surface area contributed by atoms with Crippen molar-refractivity contribution in [1.82, 2.24) is 0 Å². The normalized spacial score (nSPS) is 20.9. The van der Waals surface area contributed by atoms with E-state index in [0.29, 0.717) is 11.7 Å². The van der Waals surface area contributed by atoms with E-state index < -0.39 is 0 Å². The number of carbonyl (C=O) groups excluding carboxylic acids is 1. The summed E-state index contributed by atoms with van der Waals surface area (Å²) in [5.41, 5.74) is 1.04. The SMILES string of the molecule is C=CCC(=O)OC1=CCC(C)C=C1C. The van der Waals surface area contributed by atoms with Crippen molar-refractivity contribution in [2.45, 2.75) is 26.7 Å². The van der Waals surface area contributed by atoms with E-state index in [1.807, 2.05) is 13.0 Å². The highest BCUT2D eigenvalue weighted by Crippen LogP contribution is 2.23. The highest BCUT2D eigenvalue weighted by atomic mass is 16.5. The maximum atomic E-state index is 11.2. The predicted octanol–water partition coefficient (Wildman–Crippen LogP) is 2.98. The van der Waals surface area contributed by atoms with Gasteiger partial charge in [-0.3, -0.25) is 4.79 Å². The van der Waals surface area contributed by atoms with Gasteiger partial charge in [-0.25, -0.2) is 0 Å². The van der Waals surface area contributed by atoms with Crippen molar-refractivity contribution in [3.63, 3.8) is 0 Å². The van der Waals surface area contributed by atoms with E-state index in [4.69, 9.17) is 4.74 Å². The Morgan fingerprint density at radius 2 is 2.50 bits per heavy atom. The van der Waals surface area contributed by atoms with Crippen LogP contribution in [0.2, 0.25) is 0 Å². The summed E-state index contributed by atoms with van der Waals surface area (Å²) in [5, 5.41) is 0. The molecule has 0 aromatic heterocycles. The molecule has 1 rings (SSSR count). The van der Waals surface area contributed by atoms with E-state index >= 15 is 0 Å². The molecule has 0 saturated carbocycles. The molecule has 1 aliphatic carbocycles. The Labute approximate surface area is 85.0 Å². The van der Waals surface area contributed by atoms with E-state index in [2.05, 4.69) is 19.6 Å². The molecule has 0 radical (unpaired) electrons. The Morgan fingerprint density at radius 3 is 3.07 bits per heavy atom. The van der Waals surface area contributed by atoms with E-state index in [-0.39, 0.29) is 12.4 Å². The van der Waals surface area contributed by atoms with E-state index in [9.17, 15) is 4.79 Å². The molecule has 1 atom stereocenters. The lowest BCUT2D eigenvalue weighted by molar-refractivity contribution is -0.138. The lowest BCUT2D eigenvalue weighted by Gasteiger charge is -2.16. The molecule has 0 heterocycles. The van der Waals surface area contributed by atoms with Crippen molar-refractivity contribution in [3.05, 3.63) is 36.1 Å². The molecule has 0 spiro atoms. The van der Waals surface area contributed by atoms with Crippen LogP contribution in [-0.2, 0) is 9.53 Å². The molecule has 0 N–H and O–H groups in total. The second kappa shape index (κ2) is 4.80. The molecule has 1 aliphatic rings. The zero-order valence-corrected chi connectivity index (χ0v) is 8.75. The fraction of sp³-hybridized carbons (Fsp3) is 0.417. The van der Waals surface area contributed by atoms with Crippen LogP contribution in [0.15, 0.2) is 36.1 Å². The predicted molar refractivity (Wildman–Crippen MR) is 56.5 cm³/mol. The van der Waals surface area contributed by atoms with Gasteiger partial charge in [-0.2, -0.15) is 0 Å². The Morgan fingerprint density at radius 1 is 1.79 bits per heavy atom. The van der Waals surface area contributed by atoms with Gasteiger partial charge in [0.2, 0.25) is 0 Å². The molecule has 0 saturated heterocycles.